The van der Waals surface area contributed by atoms with Crippen LogP contribution in [0.5, 0.6) is 0 Å². The largest absolute Gasteiger partial charge is 0.462 e. The van der Waals surface area contributed by atoms with Crippen molar-refractivity contribution >= 4 is 11.8 Å². The van der Waals surface area contributed by atoms with Crippen LogP contribution >= 0.6 is 0 Å². The lowest BCUT2D eigenvalue weighted by atomic mass is 9.98. The van der Waals surface area contributed by atoms with E-state index in [1.807, 2.05) is 48.5 Å². The zero-order valence-electron chi connectivity index (χ0n) is 19.9. The Labute approximate surface area is 202 Å². The molecule has 0 aliphatic carbocycles. The van der Waals surface area contributed by atoms with E-state index in [0.29, 0.717) is 36.1 Å². The molecule has 0 saturated heterocycles. The fraction of sp³-hybridized carbons (Fsp3) is 0.269. The number of benzene rings is 2. The molecule has 0 aliphatic heterocycles. The number of ether oxygens (including phenoxy) is 1. The van der Waals surface area contributed by atoms with E-state index in [9.17, 15) is 9.59 Å². The molecule has 0 aliphatic rings. The van der Waals surface area contributed by atoms with Crippen LogP contribution in [0.4, 0.5) is 5.82 Å². The molecular formula is C26H27N5O4. The van der Waals surface area contributed by atoms with Gasteiger partial charge in [0.2, 0.25) is 0 Å². The number of rotatable bonds is 9. The number of carbonyl (C=O) groups is 1. The minimum atomic E-state index is -0.594. The first-order valence-corrected chi connectivity index (χ1v) is 11.5. The summed E-state index contributed by atoms with van der Waals surface area (Å²) in [5.41, 5.74) is 4.08. The summed E-state index contributed by atoms with van der Waals surface area (Å²) in [5.74, 6) is 0.522. The van der Waals surface area contributed by atoms with E-state index in [1.165, 1.54) is 6.20 Å². The van der Waals surface area contributed by atoms with Crippen LogP contribution in [0.2, 0.25) is 0 Å². The highest BCUT2D eigenvalue weighted by atomic mass is 16.5. The van der Waals surface area contributed by atoms with Crippen LogP contribution in [0.15, 0.2) is 64.0 Å². The molecule has 9 nitrogen and oxygen atoms in total. The minimum absolute atomic E-state index is 0.283. The average Bonchev–Trinajstić information content (AvgIpc) is 3.30. The van der Waals surface area contributed by atoms with Crippen molar-refractivity contribution in [2.75, 3.05) is 18.1 Å². The maximum atomic E-state index is 12.5. The van der Waals surface area contributed by atoms with Crippen LogP contribution in [0, 0.1) is 6.92 Å². The van der Waals surface area contributed by atoms with Gasteiger partial charge in [0, 0.05) is 24.8 Å². The molecule has 4 rings (SSSR count). The van der Waals surface area contributed by atoms with Crippen LogP contribution in [-0.4, -0.2) is 39.2 Å². The normalized spacial score (nSPS) is 10.8. The summed E-state index contributed by atoms with van der Waals surface area (Å²) in [5, 5.41) is 3.83. The smallest absolute Gasteiger partial charge is 0.439 e. The fourth-order valence-corrected chi connectivity index (χ4v) is 3.88. The van der Waals surface area contributed by atoms with Gasteiger partial charge in [0.1, 0.15) is 17.2 Å². The summed E-state index contributed by atoms with van der Waals surface area (Å²) in [4.78, 5) is 37.4. The topological polar surface area (TPSA) is 114 Å². The number of hydrogen-bond donors (Lipinski definition) is 1. The van der Waals surface area contributed by atoms with Crippen LogP contribution in [0.1, 0.15) is 42.0 Å². The predicted molar refractivity (Wildman–Crippen MR) is 132 cm³/mol. The fourth-order valence-electron chi connectivity index (χ4n) is 3.88. The van der Waals surface area contributed by atoms with Gasteiger partial charge in [-0.1, -0.05) is 60.6 Å². The first-order chi connectivity index (χ1) is 17.0. The Kier molecular flexibility index (Phi) is 7.35. The first kappa shape index (κ1) is 23.9. The molecule has 0 atom stereocenters. The molecule has 0 amide bonds. The number of aromatic amines is 1. The number of nitrogens with one attached hydrogen (secondary N) is 1. The van der Waals surface area contributed by atoms with Gasteiger partial charge in [0.05, 0.1) is 6.61 Å². The number of nitrogens with zero attached hydrogens (tertiary/aromatic N) is 4. The second-order valence-electron chi connectivity index (χ2n) is 7.98. The van der Waals surface area contributed by atoms with Crippen LogP contribution in [-0.2, 0) is 11.3 Å². The van der Waals surface area contributed by atoms with Crippen molar-refractivity contribution in [3.05, 3.63) is 82.2 Å². The number of esters is 1. The van der Waals surface area contributed by atoms with Crippen molar-refractivity contribution in [3.63, 3.8) is 0 Å². The van der Waals surface area contributed by atoms with E-state index in [0.717, 1.165) is 28.7 Å². The van der Waals surface area contributed by atoms with Crippen molar-refractivity contribution in [1.29, 1.82) is 0 Å². The van der Waals surface area contributed by atoms with Gasteiger partial charge < -0.3 is 9.64 Å². The van der Waals surface area contributed by atoms with Crippen LogP contribution < -0.4 is 10.7 Å². The highest BCUT2D eigenvalue weighted by Gasteiger charge is 2.20. The minimum Gasteiger partial charge on any atom is -0.462 e. The number of aryl methyl sites for hydroxylation is 1. The lowest BCUT2D eigenvalue weighted by Gasteiger charge is -2.25. The molecule has 4 aromatic rings. The Balaban J connectivity index is 1.63. The molecule has 35 heavy (non-hydrogen) atoms. The third-order valence-corrected chi connectivity index (χ3v) is 5.44. The van der Waals surface area contributed by atoms with E-state index in [-0.39, 0.29) is 6.61 Å². The van der Waals surface area contributed by atoms with Gasteiger partial charge in [-0.15, -0.1) is 0 Å². The lowest BCUT2D eigenvalue weighted by Crippen LogP contribution is -2.27. The summed E-state index contributed by atoms with van der Waals surface area (Å²) >= 11 is 0. The maximum Gasteiger partial charge on any atom is 0.439 e. The zero-order valence-corrected chi connectivity index (χ0v) is 19.9. The molecule has 0 spiro atoms. The SMILES string of the molecule is CCCN(Cc1ccc(-c2ccccc2-c2noc(=O)[nH]2)cc1)c1nc(C)ncc1C(=O)OCC. The zero-order chi connectivity index (χ0) is 24.8. The molecule has 0 bridgehead atoms. The van der Waals surface area contributed by atoms with Gasteiger partial charge in [0.15, 0.2) is 5.82 Å². The number of H-pyrrole nitrogens is 1. The van der Waals surface area contributed by atoms with Crippen molar-refractivity contribution in [1.82, 2.24) is 20.1 Å². The summed E-state index contributed by atoms with van der Waals surface area (Å²) in [6.45, 7) is 7.22. The summed E-state index contributed by atoms with van der Waals surface area (Å²) in [7, 11) is 0. The molecular weight excluding hydrogens is 446 g/mol. The van der Waals surface area contributed by atoms with E-state index in [4.69, 9.17) is 4.74 Å². The van der Waals surface area contributed by atoms with E-state index < -0.39 is 11.7 Å². The van der Waals surface area contributed by atoms with Crippen LogP contribution in [0.25, 0.3) is 22.5 Å². The Morgan fingerprint density at radius 1 is 1.09 bits per heavy atom. The van der Waals surface area contributed by atoms with Crippen molar-refractivity contribution in [2.45, 2.75) is 33.7 Å². The predicted octanol–water partition coefficient (Wildman–Crippen LogP) is 4.39. The van der Waals surface area contributed by atoms with Crippen molar-refractivity contribution < 1.29 is 14.1 Å². The molecule has 2 aromatic carbocycles. The number of anilines is 1. The summed E-state index contributed by atoms with van der Waals surface area (Å²) < 4.78 is 9.90. The molecule has 0 unspecified atom stereocenters. The maximum absolute atomic E-state index is 12.5. The Morgan fingerprint density at radius 2 is 1.83 bits per heavy atom. The Morgan fingerprint density at radius 3 is 2.49 bits per heavy atom. The third kappa shape index (κ3) is 5.46. The van der Waals surface area contributed by atoms with Crippen molar-refractivity contribution in [2.24, 2.45) is 0 Å². The molecule has 1 N–H and O–H groups in total. The second kappa shape index (κ2) is 10.8. The Hall–Kier alpha value is -4.27. The van der Waals surface area contributed by atoms with Gasteiger partial charge >= 0.3 is 11.7 Å². The van der Waals surface area contributed by atoms with Gasteiger partial charge in [-0.3, -0.25) is 9.51 Å². The number of hydrogen-bond acceptors (Lipinski definition) is 8. The molecule has 0 saturated carbocycles. The molecule has 0 radical (unpaired) electrons. The van der Waals surface area contributed by atoms with E-state index in [1.54, 1.807) is 13.8 Å². The molecule has 2 aromatic heterocycles. The number of carbonyl (C=O) groups excluding carboxylic acids is 1. The molecule has 0 fully saturated rings. The monoisotopic (exact) mass is 473 g/mol. The highest BCUT2D eigenvalue weighted by Crippen LogP contribution is 2.30. The lowest BCUT2D eigenvalue weighted by molar-refractivity contribution is 0.0526. The molecule has 9 heteroatoms. The standard InChI is InChI=1S/C26H27N5O4/c1-4-14-31(24-22(25(32)34-5-2)15-27-17(3)28-24)16-18-10-12-19(13-11-18)20-8-6-7-9-21(20)23-29-26(33)35-30-23/h6-13,15H,4-5,14,16H2,1-3H3,(H,29,30,33). The Bertz CT molecular complexity index is 1360. The average molecular weight is 474 g/mol. The first-order valence-electron chi connectivity index (χ1n) is 11.5. The molecule has 2 heterocycles. The van der Waals surface area contributed by atoms with Gasteiger partial charge in [0.25, 0.3) is 0 Å². The highest BCUT2D eigenvalue weighted by molar-refractivity contribution is 5.94. The molecule has 180 valence electrons. The van der Waals surface area contributed by atoms with E-state index >= 15 is 0 Å². The summed E-state index contributed by atoms with van der Waals surface area (Å²) in [6, 6.07) is 15.8. The van der Waals surface area contributed by atoms with E-state index in [2.05, 4.69) is 36.5 Å². The van der Waals surface area contributed by atoms with Crippen LogP contribution in [0.3, 0.4) is 0 Å². The van der Waals surface area contributed by atoms with Gasteiger partial charge in [-0.05, 0) is 37.0 Å². The third-order valence-electron chi connectivity index (χ3n) is 5.44. The number of aromatic nitrogens is 4. The van der Waals surface area contributed by atoms with Crippen molar-refractivity contribution in [3.8, 4) is 22.5 Å². The van der Waals surface area contributed by atoms with Gasteiger partial charge in [-0.25, -0.2) is 19.6 Å². The quantitative estimate of drug-likeness (QED) is 0.356. The van der Waals surface area contributed by atoms with Gasteiger partial charge in [-0.2, -0.15) is 0 Å². The summed E-state index contributed by atoms with van der Waals surface area (Å²) in [6.07, 6.45) is 2.42. The second-order valence-corrected chi connectivity index (χ2v) is 7.98.